The van der Waals surface area contributed by atoms with E-state index in [0.717, 1.165) is 22.4 Å². The van der Waals surface area contributed by atoms with Gasteiger partial charge in [0.2, 0.25) is 5.91 Å². The third-order valence-corrected chi connectivity index (χ3v) is 3.60. The van der Waals surface area contributed by atoms with E-state index in [1.807, 2.05) is 59.5 Å². The van der Waals surface area contributed by atoms with Crippen molar-refractivity contribution in [3.63, 3.8) is 0 Å². The predicted octanol–water partition coefficient (Wildman–Crippen LogP) is 2.51. The standard InChI is InChI=1S/C18H18N4O/c19-17(23)10-11-22(13-14-6-2-1-3-7-14)18-12-20-15-8-4-5-9-16(15)21-18/h1-9,12H,10-11,13H2,(H2,19,23). The van der Waals surface area contributed by atoms with Crippen LogP contribution in [-0.4, -0.2) is 22.4 Å². The number of benzene rings is 2. The third-order valence-electron chi connectivity index (χ3n) is 3.60. The van der Waals surface area contributed by atoms with Crippen LogP contribution in [0.3, 0.4) is 0 Å². The Hall–Kier alpha value is -2.95. The summed E-state index contributed by atoms with van der Waals surface area (Å²) in [4.78, 5) is 22.3. The number of hydrogen-bond acceptors (Lipinski definition) is 4. The van der Waals surface area contributed by atoms with Crippen LogP contribution < -0.4 is 10.6 Å². The van der Waals surface area contributed by atoms with E-state index < -0.39 is 0 Å². The van der Waals surface area contributed by atoms with E-state index >= 15 is 0 Å². The molecule has 1 aromatic heterocycles. The van der Waals surface area contributed by atoms with E-state index in [4.69, 9.17) is 5.73 Å². The number of primary amides is 1. The molecule has 23 heavy (non-hydrogen) atoms. The van der Waals surface area contributed by atoms with Crippen molar-refractivity contribution in [1.29, 1.82) is 0 Å². The highest BCUT2D eigenvalue weighted by Crippen LogP contribution is 2.18. The molecule has 2 aromatic carbocycles. The van der Waals surface area contributed by atoms with Gasteiger partial charge in [-0.1, -0.05) is 42.5 Å². The lowest BCUT2D eigenvalue weighted by Gasteiger charge is -2.23. The maximum Gasteiger partial charge on any atom is 0.219 e. The van der Waals surface area contributed by atoms with Gasteiger partial charge in [0.05, 0.1) is 17.2 Å². The molecule has 3 aromatic rings. The molecule has 0 spiro atoms. The second-order valence-corrected chi connectivity index (χ2v) is 5.34. The van der Waals surface area contributed by atoms with Gasteiger partial charge in [0, 0.05) is 19.5 Å². The molecule has 0 atom stereocenters. The van der Waals surface area contributed by atoms with Crippen molar-refractivity contribution in [2.24, 2.45) is 5.73 Å². The molecule has 0 aliphatic carbocycles. The van der Waals surface area contributed by atoms with Gasteiger partial charge in [-0.05, 0) is 17.7 Å². The van der Waals surface area contributed by atoms with Crippen LogP contribution in [-0.2, 0) is 11.3 Å². The Morgan fingerprint density at radius 2 is 1.70 bits per heavy atom. The van der Waals surface area contributed by atoms with Gasteiger partial charge < -0.3 is 10.6 Å². The number of para-hydroxylation sites is 2. The molecular weight excluding hydrogens is 288 g/mol. The Kier molecular flexibility index (Phi) is 4.47. The average Bonchev–Trinajstić information content (AvgIpc) is 2.59. The molecule has 1 heterocycles. The highest BCUT2D eigenvalue weighted by Gasteiger charge is 2.11. The van der Waals surface area contributed by atoms with Gasteiger partial charge in [0.15, 0.2) is 0 Å². The van der Waals surface area contributed by atoms with Gasteiger partial charge in [0.1, 0.15) is 5.82 Å². The first-order valence-electron chi connectivity index (χ1n) is 7.51. The highest BCUT2D eigenvalue weighted by molar-refractivity contribution is 5.76. The summed E-state index contributed by atoms with van der Waals surface area (Å²) in [5.74, 6) is 0.422. The van der Waals surface area contributed by atoms with Crippen molar-refractivity contribution < 1.29 is 4.79 Å². The summed E-state index contributed by atoms with van der Waals surface area (Å²) in [5.41, 5.74) is 8.13. The van der Waals surface area contributed by atoms with Crippen molar-refractivity contribution in [3.8, 4) is 0 Å². The number of carbonyl (C=O) groups is 1. The quantitative estimate of drug-likeness (QED) is 0.759. The van der Waals surface area contributed by atoms with E-state index in [9.17, 15) is 4.79 Å². The lowest BCUT2D eigenvalue weighted by molar-refractivity contribution is -0.117. The van der Waals surface area contributed by atoms with E-state index in [0.29, 0.717) is 13.1 Å². The molecule has 0 aliphatic heterocycles. The van der Waals surface area contributed by atoms with Crippen molar-refractivity contribution in [1.82, 2.24) is 9.97 Å². The second-order valence-electron chi connectivity index (χ2n) is 5.34. The molecule has 3 rings (SSSR count). The lowest BCUT2D eigenvalue weighted by Crippen LogP contribution is -2.28. The predicted molar refractivity (Wildman–Crippen MR) is 90.8 cm³/mol. The number of aromatic nitrogens is 2. The summed E-state index contributed by atoms with van der Waals surface area (Å²) in [7, 11) is 0. The number of nitrogens with zero attached hydrogens (tertiary/aromatic N) is 3. The van der Waals surface area contributed by atoms with Crippen molar-refractivity contribution >= 4 is 22.8 Å². The largest absolute Gasteiger partial charge is 0.370 e. The summed E-state index contributed by atoms with van der Waals surface area (Å²) in [6, 6.07) is 17.8. The minimum atomic E-state index is -0.322. The first kappa shape index (κ1) is 15.0. The maximum atomic E-state index is 11.2. The zero-order valence-corrected chi connectivity index (χ0v) is 12.7. The molecule has 2 N–H and O–H groups in total. The highest BCUT2D eigenvalue weighted by atomic mass is 16.1. The number of fused-ring (bicyclic) bond motifs is 1. The zero-order chi connectivity index (χ0) is 16.1. The summed E-state index contributed by atoms with van der Waals surface area (Å²) >= 11 is 0. The van der Waals surface area contributed by atoms with Crippen LogP contribution in [0.5, 0.6) is 0 Å². The van der Waals surface area contributed by atoms with Crippen molar-refractivity contribution in [2.75, 3.05) is 11.4 Å². The van der Waals surface area contributed by atoms with Crippen LogP contribution in [0.2, 0.25) is 0 Å². The van der Waals surface area contributed by atoms with E-state index in [1.165, 1.54) is 0 Å². The average molecular weight is 306 g/mol. The SMILES string of the molecule is NC(=O)CCN(Cc1ccccc1)c1cnc2ccccc2n1. The van der Waals surface area contributed by atoms with E-state index in [2.05, 4.69) is 9.97 Å². The van der Waals surface area contributed by atoms with Gasteiger partial charge in [0.25, 0.3) is 0 Å². The fourth-order valence-electron chi connectivity index (χ4n) is 2.42. The fraction of sp³-hybridized carbons (Fsp3) is 0.167. The van der Waals surface area contributed by atoms with E-state index in [-0.39, 0.29) is 12.3 Å². The van der Waals surface area contributed by atoms with Crippen LogP contribution in [0.25, 0.3) is 11.0 Å². The minimum Gasteiger partial charge on any atom is -0.370 e. The van der Waals surface area contributed by atoms with Crippen LogP contribution in [0.4, 0.5) is 5.82 Å². The van der Waals surface area contributed by atoms with Gasteiger partial charge in [-0.3, -0.25) is 9.78 Å². The van der Waals surface area contributed by atoms with E-state index in [1.54, 1.807) is 6.20 Å². The molecule has 0 unspecified atom stereocenters. The maximum absolute atomic E-state index is 11.2. The van der Waals surface area contributed by atoms with Gasteiger partial charge in [-0.2, -0.15) is 0 Å². The molecular formula is C18H18N4O. The summed E-state index contributed by atoms with van der Waals surface area (Å²) < 4.78 is 0. The first-order chi connectivity index (χ1) is 11.2. The van der Waals surface area contributed by atoms with Gasteiger partial charge >= 0.3 is 0 Å². The Morgan fingerprint density at radius 1 is 1.00 bits per heavy atom. The Morgan fingerprint density at radius 3 is 2.43 bits per heavy atom. The molecule has 5 heteroatoms. The first-order valence-corrected chi connectivity index (χ1v) is 7.51. The third kappa shape index (κ3) is 3.83. The topological polar surface area (TPSA) is 72.1 Å². The Bertz CT molecular complexity index is 804. The molecule has 0 aliphatic rings. The molecule has 0 radical (unpaired) electrons. The number of anilines is 1. The van der Waals surface area contributed by atoms with Gasteiger partial charge in [-0.25, -0.2) is 4.98 Å². The van der Waals surface area contributed by atoms with Crippen molar-refractivity contribution in [2.45, 2.75) is 13.0 Å². The fourth-order valence-corrected chi connectivity index (χ4v) is 2.42. The summed E-state index contributed by atoms with van der Waals surface area (Å²) in [6.45, 7) is 1.17. The number of carbonyl (C=O) groups excluding carboxylic acids is 1. The monoisotopic (exact) mass is 306 g/mol. The number of hydrogen-bond donors (Lipinski definition) is 1. The number of rotatable bonds is 6. The molecule has 0 saturated heterocycles. The summed E-state index contributed by atoms with van der Waals surface area (Å²) in [6.07, 6.45) is 2.02. The van der Waals surface area contributed by atoms with Crippen molar-refractivity contribution in [3.05, 3.63) is 66.4 Å². The Labute approximate surface area is 134 Å². The van der Waals surface area contributed by atoms with Crippen LogP contribution in [0.1, 0.15) is 12.0 Å². The molecule has 1 amide bonds. The molecule has 0 saturated carbocycles. The van der Waals surface area contributed by atoms with Crippen LogP contribution in [0.15, 0.2) is 60.8 Å². The normalized spacial score (nSPS) is 10.6. The lowest BCUT2D eigenvalue weighted by atomic mass is 10.2. The van der Waals surface area contributed by atoms with Crippen LogP contribution >= 0.6 is 0 Å². The molecule has 5 nitrogen and oxygen atoms in total. The number of nitrogens with two attached hydrogens (primary N) is 1. The molecule has 0 bridgehead atoms. The second kappa shape index (κ2) is 6.87. The Balaban J connectivity index is 1.90. The van der Waals surface area contributed by atoms with Crippen LogP contribution in [0, 0.1) is 0 Å². The van der Waals surface area contributed by atoms with Gasteiger partial charge in [-0.15, -0.1) is 0 Å². The molecule has 0 fully saturated rings. The minimum absolute atomic E-state index is 0.279. The smallest absolute Gasteiger partial charge is 0.219 e. The summed E-state index contributed by atoms with van der Waals surface area (Å²) in [5, 5.41) is 0. The number of amides is 1. The zero-order valence-electron chi connectivity index (χ0n) is 12.7. The molecule has 116 valence electrons.